The number of aromatic nitrogens is 3. The van der Waals surface area contributed by atoms with Crippen molar-refractivity contribution in [2.45, 2.75) is 19.6 Å². The van der Waals surface area contributed by atoms with Gasteiger partial charge in [-0.25, -0.2) is 0 Å². The van der Waals surface area contributed by atoms with Crippen LogP contribution in [0.25, 0.3) is 0 Å². The Bertz CT molecular complexity index is 540. The van der Waals surface area contributed by atoms with Crippen LogP contribution in [0.5, 0.6) is 5.75 Å². The van der Waals surface area contributed by atoms with Crippen molar-refractivity contribution in [3.05, 3.63) is 40.1 Å². The molecule has 0 aliphatic carbocycles. The lowest BCUT2D eigenvalue weighted by Gasteiger charge is -2.13. The summed E-state index contributed by atoms with van der Waals surface area (Å²) in [4.78, 5) is 0. The number of hydrogen-bond acceptors (Lipinski definition) is 4. The van der Waals surface area contributed by atoms with E-state index in [0.717, 1.165) is 15.7 Å². The molecule has 18 heavy (non-hydrogen) atoms. The van der Waals surface area contributed by atoms with Gasteiger partial charge in [-0.05, 0) is 19.1 Å². The minimum Gasteiger partial charge on any atom is -0.487 e. The van der Waals surface area contributed by atoms with Crippen LogP contribution >= 0.6 is 15.9 Å². The third kappa shape index (κ3) is 3.08. The van der Waals surface area contributed by atoms with Gasteiger partial charge in [-0.2, -0.15) is 0 Å². The van der Waals surface area contributed by atoms with Crippen LogP contribution in [-0.4, -0.2) is 20.1 Å². The second-order valence-corrected chi connectivity index (χ2v) is 4.95. The Labute approximate surface area is 114 Å². The maximum Gasteiger partial charge on any atom is 0.134 e. The lowest BCUT2D eigenvalue weighted by Crippen LogP contribution is -2.01. The fourth-order valence-electron chi connectivity index (χ4n) is 1.59. The maximum absolute atomic E-state index is 9.67. The Kier molecular flexibility index (Phi) is 3.98. The van der Waals surface area contributed by atoms with Crippen LogP contribution < -0.4 is 4.74 Å². The van der Waals surface area contributed by atoms with Gasteiger partial charge in [-0.1, -0.05) is 27.2 Å². The number of aliphatic hydroxyl groups excluding tert-OH is 1. The second-order valence-electron chi connectivity index (χ2n) is 4.03. The number of benzene rings is 1. The van der Waals surface area contributed by atoms with Crippen LogP contribution in [0.15, 0.2) is 28.9 Å². The number of aryl methyl sites for hydroxylation is 1. The summed E-state index contributed by atoms with van der Waals surface area (Å²) in [7, 11) is 1.80. The third-order valence-electron chi connectivity index (χ3n) is 2.45. The maximum atomic E-state index is 9.67. The number of hydrogen-bond donors (Lipinski definition) is 1. The smallest absolute Gasteiger partial charge is 0.134 e. The van der Waals surface area contributed by atoms with E-state index in [-0.39, 0.29) is 0 Å². The van der Waals surface area contributed by atoms with E-state index in [1.807, 2.05) is 18.2 Å². The van der Waals surface area contributed by atoms with Crippen molar-refractivity contribution in [2.75, 3.05) is 0 Å². The molecule has 0 unspecified atom stereocenters. The Morgan fingerprint density at radius 3 is 2.89 bits per heavy atom. The SMILES string of the molecule is C[C@H](O)c1ccc(Br)cc1OCc1cn(C)nn1. The number of ether oxygens (including phenoxy) is 1. The molecule has 2 aromatic rings. The summed E-state index contributed by atoms with van der Waals surface area (Å²) in [5, 5.41) is 17.4. The number of nitrogens with zero attached hydrogens (tertiary/aromatic N) is 3. The Morgan fingerprint density at radius 2 is 2.28 bits per heavy atom. The van der Waals surface area contributed by atoms with E-state index in [1.165, 1.54) is 0 Å². The highest BCUT2D eigenvalue weighted by Crippen LogP contribution is 2.29. The molecule has 6 heteroatoms. The van der Waals surface area contributed by atoms with Gasteiger partial charge in [0.25, 0.3) is 0 Å². The molecule has 0 fully saturated rings. The van der Waals surface area contributed by atoms with Gasteiger partial charge >= 0.3 is 0 Å². The van der Waals surface area contributed by atoms with Gasteiger partial charge in [-0.3, -0.25) is 4.68 Å². The van der Waals surface area contributed by atoms with Gasteiger partial charge < -0.3 is 9.84 Å². The van der Waals surface area contributed by atoms with E-state index >= 15 is 0 Å². The monoisotopic (exact) mass is 311 g/mol. The minimum absolute atomic E-state index is 0.323. The third-order valence-corrected chi connectivity index (χ3v) is 2.94. The molecule has 1 aromatic heterocycles. The van der Waals surface area contributed by atoms with Crippen molar-refractivity contribution >= 4 is 15.9 Å². The predicted octanol–water partition coefficient (Wildman–Crippen LogP) is 2.21. The topological polar surface area (TPSA) is 60.2 Å². The molecular formula is C12H14BrN3O2. The average molecular weight is 312 g/mol. The van der Waals surface area contributed by atoms with E-state index in [1.54, 1.807) is 24.9 Å². The molecule has 0 saturated heterocycles. The summed E-state index contributed by atoms with van der Waals surface area (Å²) < 4.78 is 8.20. The summed E-state index contributed by atoms with van der Waals surface area (Å²) in [5.41, 5.74) is 1.50. The highest BCUT2D eigenvalue weighted by atomic mass is 79.9. The molecule has 5 nitrogen and oxygen atoms in total. The minimum atomic E-state index is -0.574. The van der Waals surface area contributed by atoms with Crippen molar-refractivity contribution in [3.63, 3.8) is 0 Å². The highest BCUT2D eigenvalue weighted by molar-refractivity contribution is 9.10. The van der Waals surface area contributed by atoms with Gasteiger partial charge in [0.05, 0.1) is 12.3 Å². The van der Waals surface area contributed by atoms with E-state index in [2.05, 4.69) is 26.2 Å². The number of halogens is 1. The normalized spacial score (nSPS) is 12.4. The van der Waals surface area contributed by atoms with Crippen molar-refractivity contribution in [1.29, 1.82) is 0 Å². The van der Waals surface area contributed by atoms with Crippen molar-refractivity contribution < 1.29 is 9.84 Å². The number of rotatable bonds is 4. The standard InChI is InChI=1S/C12H14BrN3O2/c1-8(17)11-4-3-9(13)5-12(11)18-7-10-6-16(2)15-14-10/h3-6,8,17H,7H2,1-2H3/t8-/m0/s1. The quantitative estimate of drug-likeness (QED) is 0.940. The first-order valence-electron chi connectivity index (χ1n) is 5.52. The molecule has 96 valence electrons. The summed E-state index contributed by atoms with van der Waals surface area (Å²) >= 11 is 3.38. The van der Waals surface area contributed by atoms with E-state index in [0.29, 0.717) is 12.4 Å². The Balaban J connectivity index is 2.15. The molecule has 0 aliphatic heterocycles. The van der Waals surface area contributed by atoms with Crippen molar-refractivity contribution in [1.82, 2.24) is 15.0 Å². The molecule has 0 spiro atoms. The number of aliphatic hydroxyl groups is 1. The fourth-order valence-corrected chi connectivity index (χ4v) is 1.93. The van der Waals surface area contributed by atoms with E-state index < -0.39 is 6.10 Å². The van der Waals surface area contributed by atoms with Crippen LogP contribution in [-0.2, 0) is 13.7 Å². The average Bonchev–Trinajstić information content (AvgIpc) is 2.72. The van der Waals surface area contributed by atoms with Gasteiger partial charge in [0.15, 0.2) is 0 Å². The largest absolute Gasteiger partial charge is 0.487 e. The first kappa shape index (κ1) is 13.0. The van der Waals surface area contributed by atoms with Gasteiger partial charge in [0, 0.05) is 17.1 Å². The molecule has 0 bridgehead atoms. The van der Waals surface area contributed by atoms with Gasteiger partial charge in [0.1, 0.15) is 18.1 Å². The molecule has 0 saturated carbocycles. The van der Waals surface area contributed by atoms with Gasteiger partial charge in [0.2, 0.25) is 0 Å². The lowest BCUT2D eigenvalue weighted by atomic mass is 10.1. The molecular weight excluding hydrogens is 298 g/mol. The van der Waals surface area contributed by atoms with Gasteiger partial charge in [-0.15, -0.1) is 5.10 Å². The molecule has 1 atom stereocenters. The molecule has 1 N–H and O–H groups in total. The van der Waals surface area contributed by atoms with E-state index in [4.69, 9.17) is 4.74 Å². The molecule has 0 radical (unpaired) electrons. The van der Waals surface area contributed by atoms with Crippen LogP contribution in [0.1, 0.15) is 24.3 Å². The summed E-state index contributed by atoms with van der Waals surface area (Å²) in [6, 6.07) is 5.54. The molecule has 0 amide bonds. The van der Waals surface area contributed by atoms with E-state index in [9.17, 15) is 5.11 Å². The lowest BCUT2D eigenvalue weighted by molar-refractivity contribution is 0.189. The zero-order valence-corrected chi connectivity index (χ0v) is 11.8. The first-order chi connectivity index (χ1) is 8.56. The van der Waals surface area contributed by atoms with Crippen LogP contribution in [0.4, 0.5) is 0 Å². The zero-order chi connectivity index (χ0) is 13.1. The molecule has 1 aromatic carbocycles. The Morgan fingerprint density at radius 1 is 1.50 bits per heavy atom. The second kappa shape index (κ2) is 5.49. The highest BCUT2D eigenvalue weighted by Gasteiger charge is 2.10. The molecule has 0 aliphatic rings. The summed E-state index contributed by atoms with van der Waals surface area (Å²) in [6.07, 6.45) is 1.22. The Hall–Kier alpha value is -1.40. The molecule has 1 heterocycles. The predicted molar refractivity (Wildman–Crippen MR) is 70.1 cm³/mol. The molecule has 2 rings (SSSR count). The fraction of sp³-hybridized carbons (Fsp3) is 0.333. The zero-order valence-electron chi connectivity index (χ0n) is 10.2. The first-order valence-corrected chi connectivity index (χ1v) is 6.31. The van der Waals surface area contributed by atoms with Crippen LogP contribution in [0.3, 0.4) is 0 Å². The van der Waals surface area contributed by atoms with Crippen molar-refractivity contribution in [2.24, 2.45) is 7.05 Å². The van der Waals surface area contributed by atoms with Crippen molar-refractivity contribution in [3.8, 4) is 5.75 Å². The summed E-state index contributed by atoms with van der Waals surface area (Å²) in [5.74, 6) is 0.644. The van der Waals surface area contributed by atoms with Crippen LogP contribution in [0, 0.1) is 0 Å². The van der Waals surface area contributed by atoms with Crippen LogP contribution in [0.2, 0.25) is 0 Å². The summed E-state index contributed by atoms with van der Waals surface area (Å²) in [6.45, 7) is 2.03.